The second-order valence-corrected chi connectivity index (χ2v) is 8.60. The van der Waals surface area contributed by atoms with Gasteiger partial charge in [0.15, 0.2) is 6.10 Å². The number of fused-ring (bicyclic) bond motifs is 1. The van der Waals surface area contributed by atoms with Crippen LogP contribution in [0.25, 0.3) is 0 Å². The van der Waals surface area contributed by atoms with Gasteiger partial charge >= 0.3 is 5.97 Å². The average molecular weight is 477 g/mol. The summed E-state index contributed by atoms with van der Waals surface area (Å²) in [6.07, 6.45) is -0.947. The van der Waals surface area contributed by atoms with E-state index < -0.39 is 24.0 Å². The van der Waals surface area contributed by atoms with Crippen LogP contribution < -0.4 is 5.06 Å². The van der Waals surface area contributed by atoms with Gasteiger partial charge in [-0.05, 0) is 47.5 Å². The Morgan fingerprint density at radius 3 is 2.26 bits per heavy atom. The van der Waals surface area contributed by atoms with Gasteiger partial charge in [-0.25, -0.2) is 9.86 Å². The van der Waals surface area contributed by atoms with E-state index in [0.29, 0.717) is 16.3 Å². The van der Waals surface area contributed by atoms with Crippen LogP contribution in [-0.4, -0.2) is 35.9 Å². The fourth-order valence-electron chi connectivity index (χ4n) is 4.48. The molecule has 3 atom stereocenters. The van der Waals surface area contributed by atoms with Gasteiger partial charge in [-0.2, -0.15) is 0 Å². The summed E-state index contributed by atoms with van der Waals surface area (Å²) in [5, 5.41) is 2.15. The minimum atomic E-state index is -0.947. The zero-order valence-electron chi connectivity index (χ0n) is 18.3. The van der Waals surface area contributed by atoms with Crippen LogP contribution in [0, 0.1) is 5.92 Å². The number of esters is 1. The zero-order chi connectivity index (χ0) is 23.8. The molecule has 2 saturated heterocycles. The molecule has 8 heteroatoms. The number of hydrogen-bond donors (Lipinski definition) is 0. The molecular formula is C26H21ClN2O5. The first-order valence-electron chi connectivity index (χ1n) is 10.8. The van der Waals surface area contributed by atoms with Crippen molar-refractivity contribution < 1.29 is 24.0 Å². The third kappa shape index (κ3) is 3.83. The van der Waals surface area contributed by atoms with Crippen molar-refractivity contribution in [1.82, 2.24) is 4.90 Å². The number of amides is 2. The van der Waals surface area contributed by atoms with Gasteiger partial charge in [0.25, 0.3) is 5.91 Å². The number of nitrogens with zero attached hydrogens (tertiary/aromatic N) is 2. The van der Waals surface area contributed by atoms with Crippen molar-refractivity contribution in [2.24, 2.45) is 5.92 Å². The molecule has 3 aromatic rings. The third-order valence-electron chi connectivity index (χ3n) is 6.14. The Balaban J connectivity index is 1.52. The Kier molecular flexibility index (Phi) is 5.81. The number of carbonyl (C=O) groups is 3. The number of rotatable bonds is 5. The minimum absolute atomic E-state index is 0.184. The maximum atomic E-state index is 13.5. The number of hydroxylamine groups is 1. The molecule has 0 aliphatic carbocycles. The molecule has 2 amide bonds. The van der Waals surface area contributed by atoms with Crippen LogP contribution in [0.15, 0.2) is 78.9 Å². The lowest BCUT2D eigenvalue weighted by Gasteiger charge is -2.29. The lowest BCUT2D eigenvalue weighted by atomic mass is 9.90. The number of anilines is 1. The number of hydrogen-bond acceptors (Lipinski definition) is 6. The van der Waals surface area contributed by atoms with Crippen LogP contribution in [0.4, 0.5) is 5.69 Å². The van der Waals surface area contributed by atoms with E-state index in [9.17, 15) is 14.4 Å². The van der Waals surface area contributed by atoms with Gasteiger partial charge in [-0.15, -0.1) is 0 Å². The maximum Gasteiger partial charge on any atom is 0.337 e. The summed E-state index contributed by atoms with van der Waals surface area (Å²) in [6.45, 7) is 0.184. The molecule has 3 aromatic carbocycles. The van der Waals surface area contributed by atoms with E-state index in [1.807, 2.05) is 30.3 Å². The summed E-state index contributed by atoms with van der Waals surface area (Å²) in [5.41, 5.74) is 2.64. The maximum absolute atomic E-state index is 13.5. The Labute approximate surface area is 201 Å². The van der Waals surface area contributed by atoms with Crippen LogP contribution in [0.1, 0.15) is 27.5 Å². The predicted octanol–water partition coefficient (Wildman–Crippen LogP) is 4.17. The van der Waals surface area contributed by atoms with Gasteiger partial charge in [0.05, 0.1) is 30.9 Å². The second kappa shape index (κ2) is 8.93. The molecule has 172 valence electrons. The summed E-state index contributed by atoms with van der Waals surface area (Å²) >= 11 is 6.05. The summed E-state index contributed by atoms with van der Waals surface area (Å²) in [6, 6.07) is 22.6. The molecule has 0 N–H and O–H groups in total. The minimum Gasteiger partial charge on any atom is -0.465 e. The van der Waals surface area contributed by atoms with Crippen molar-refractivity contribution in [3.63, 3.8) is 0 Å². The topological polar surface area (TPSA) is 76.2 Å². The molecule has 0 bridgehead atoms. The number of halogens is 1. The molecule has 2 heterocycles. The molecule has 2 aliphatic heterocycles. The van der Waals surface area contributed by atoms with E-state index in [2.05, 4.69) is 0 Å². The Hall–Kier alpha value is -3.68. The van der Waals surface area contributed by atoms with Crippen molar-refractivity contribution in [1.29, 1.82) is 0 Å². The summed E-state index contributed by atoms with van der Waals surface area (Å²) in [4.78, 5) is 46.1. The molecule has 0 aromatic heterocycles. The number of ether oxygens (including phenoxy) is 1. The Morgan fingerprint density at radius 2 is 1.62 bits per heavy atom. The lowest BCUT2D eigenvalue weighted by molar-refractivity contribution is -0.143. The normalized spacial score (nSPS) is 21.6. The molecule has 34 heavy (non-hydrogen) atoms. The number of carbonyl (C=O) groups excluding carboxylic acids is 3. The standard InChI is InChI=1S/C26H21ClN2O5/c1-33-26(32)18-9-7-17(8-10-18)22-21-23(34-29(22)20-13-11-19(27)12-14-20)25(31)28(24(21)30)15-16-5-3-2-4-6-16/h2-14,21-23H,15H2,1H3/t21-,22+,23+/m1/s1. The van der Waals surface area contributed by atoms with Crippen LogP contribution in [0.3, 0.4) is 0 Å². The number of methoxy groups -OCH3 is 1. The number of benzene rings is 3. The van der Waals surface area contributed by atoms with Gasteiger partial charge in [0.2, 0.25) is 5.91 Å². The van der Waals surface area contributed by atoms with Crippen molar-refractivity contribution in [3.05, 3.63) is 101 Å². The molecule has 5 rings (SSSR count). The van der Waals surface area contributed by atoms with Gasteiger partial charge in [0, 0.05) is 5.02 Å². The van der Waals surface area contributed by atoms with Crippen LogP contribution in [0.5, 0.6) is 0 Å². The highest BCUT2D eigenvalue weighted by molar-refractivity contribution is 6.30. The van der Waals surface area contributed by atoms with E-state index in [1.165, 1.54) is 12.0 Å². The van der Waals surface area contributed by atoms with Crippen molar-refractivity contribution >= 4 is 35.1 Å². The van der Waals surface area contributed by atoms with E-state index in [4.69, 9.17) is 21.2 Å². The van der Waals surface area contributed by atoms with E-state index in [0.717, 1.165) is 11.1 Å². The summed E-state index contributed by atoms with van der Waals surface area (Å²) < 4.78 is 4.78. The SMILES string of the molecule is COC(=O)c1ccc([C@H]2[C@H]3C(=O)N(Cc4ccccc4)C(=O)[C@H]3ON2c2ccc(Cl)cc2)cc1. The number of likely N-dealkylation sites (tertiary alicyclic amines) is 1. The van der Waals surface area contributed by atoms with Crippen LogP contribution in [0.2, 0.25) is 5.02 Å². The molecule has 7 nitrogen and oxygen atoms in total. The Morgan fingerprint density at radius 1 is 0.941 bits per heavy atom. The molecule has 0 spiro atoms. The average Bonchev–Trinajstić information content (AvgIpc) is 3.37. The lowest BCUT2D eigenvalue weighted by Crippen LogP contribution is -2.36. The molecule has 2 aliphatic rings. The highest BCUT2D eigenvalue weighted by atomic mass is 35.5. The van der Waals surface area contributed by atoms with Crippen molar-refractivity contribution in [3.8, 4) is 0 Å². The van der Waals surface area contributed by atoms with Crippen LogP contribution in [-0.2, 0) is 25.7 Å². The molecule has 0 saturated carbocycles. The fourth-order valence-corrected chi connectivity index (χ4v) is 4.60. The first-order valence-corrected chi connectivity index (χ1v) is 11.1. The third-order valence-corrected chi connectivity index (χ3v) is 6.40. The predicted molar refractivity (Wildman–Crippen MR) is 125 cm³/mol. The van der Waals surface area contributed by atoms with Gasteiger partial charge in [-0.1, -0.05) is 54.1 Å². The monoisotopic (exact) mass is 476 g/mol. The number of imide groups is 1. The Bertz CT molecular complexity index is 1230. The largest absolute Gasteiger partial charge is 0.465 e. The zero-order valence-corrected chi connectivity index (χ0v) is 19.0. The summed E-state index contributed by atoms with van der Waals surface area (Å²) in [5.74, 6) is -1.86. The first-order chi connectivity index (χ1) is 16.5. The summed E-state index contributed by atoms with van der Waals surface area (Å²) in [7, 11) is 1.32. The molecule has 2 fully saturated rings. The van der Waals surface area contributed by atoms with E-state index in [1.54, 1.807) is 53.6 Å². The van der Waals surface area contributed by atoms with E-state index in [-0.39, 0.29) is 18.4 Å². The smallest absolute Gasteiger partial charge is 0.337 e. The highest BCUT2D eigenvalue weighted by Crippen LogP contribution is 2.47. The molecule has 0 radical (unpaired) electrons. The van der Waals surface area contributed by atoms with E-state index >= 15 is 0 Å². The fraction of sp³-hybridized carbons (Fsp3) is 0.192. The second-order valence-electron chi connectivity index (χ2n) is 8.16. The van der Waals surface area contributed by atoms with Gasteiger partial charge in [-0.3, -0.25) is 19.3 Å². The van der Waals surface area contributed by atoms with Crippen molar-refractivity contribution in [2.75, 3.05) is 12.2 Å². The van der Waals surface area contributed by atoms with Crippen molar-refractivity contribution in [2.45, 2.75) is 18.7 Å². The first kappa shape index (κ1) is 22.1. The van der Waals surface area contributed by atoms with Crippen LogP contribution >= 0.6 is 11.6 Å². The molecular weight excluding hydrogens is 456 g/mol. The highest BCUT2D eigenvalue weighted by Gasteiger charge is 2.59. The quantitative estimate of drug-likeness (QED) is 0.406. The molecule has 0 unspecified atom stereocenters. The van der Waals surface area contributed by atoms with Gasteiger partial charge in [0.1, 0.15) is 5.92 Å². The van der Waals surface area contributed by atoms with Gasteiger partial charge < -0.3 is 4.74 Å².